The molecule has 1 aromatic rings. The van der Waals surface area contributed by atoms with Crippen LogP contribution in [0.15, 0.2) is 48.6 Å². The Bertz CT molecular complexity index is 1460. The number of hydrogen-bond acceptors (Lipinski definition) is 7. The molecule has 3 saturated heterocycles. The first kappa shape index (κ1) is 50.3. The fourth-order valence-corrected chi connectivity index (χ4v) is 15.6. The molecule has 5 rings (SSSR count). The molecule has 1 aromatic carbocycles. The summed E-state index contributed by atoms with van der Waals surface area (Å²) in [7, 11) is -6.32. The van der Waals surface area contributed by atoms with Gasteiger partial charge in [-0.25, -0.2) is 0 Å². The van der Waals surface area contributed by atoms with Gasteiger partial charge in [0.1, 0.15) is 12.4 Å². The molecule has 0 aromatic heterocycles. The highest BCUT2D eigenvalue weighted by atomic mass is 28.4. The summed E-state index contributed by atoms with van der Waals surface area (Å²) < 4.78 is 87.0. The average molecular weight is 885 g/mol. The predicted octanol–water partition coefficient (Wildman–Crippen LogP) is 13.3. The predicted molar refractivity (Wildman–Crippen MR) is 240 cm³/mol. The second-order valence-corrected chi connectivity index (χ2v) is 33.6. The molecule has 4 aliphatic rings. The van der Waals surface area contributed by atoms with Crippen LogP contribution in [-0.4, -0.2) is 75.7 Å². The maximum absolute atomic E-state index is 13.6. The molecule has 13 heteroatoms. The minimum atomic E-state index is -4.46. The van der Waals surface area contributed by atoms with Gasteiger partial charge in [0.25, 0.3) is 5.97 Å². The van der Waals surface area contributed by atoms with E-state index in [0.29, 0.717) is 26.2 Å². The smallest absolute Gasteiger partial charge is 0.416 e. The van der Waals surface area contributed by atoms with Crippen molar-refractivity contribution in [3.05, 3.63) is 54.1 Å². The first-order valence-corrected chi connectivity index (χ1v) is 30.7. The lowest BCUT2D eigenvalue weighted by atomic mass is 9.89. The van der Waals surface area contributed by atoms with Crippen LogP contribution in [0.3, 0.4) is 0 Å². The van der Waals surface area contributed by atoms with Crippen molar-refractivity contribution in [2.45, 2.75) is 186 Å². The van der Waals surface area contributed by atoms with E-state index in [1.54, 1.807) is 6.07 Å². The highest BCUT2D eigenvalue weighted by Gasteiger charge is 2.51. The van der Waals surface area contributed by atoms with Gasteiger partial charge < -0.3 is 32.2 Å². The number of hydrogen-bond donors (Lipinski definition) is 0. The number of benzene rings is 1. The van der Waals surface area contributed by atoms with Gasteiger partial charge in [-0.1, -0.05) is 99.6 Å². The van der Waals surface area contributed by atoms with Crippen LogP contribution in [0.4, 0.5) is 13.2 Å². The van der Waals surface area contributed by atoms with Crippen molar-refractivity contribution >= 4 is 25.0 Å². The topological polar surface area (TPSA) is 64.6 Å². The maximum Gasteiger partial charge on any atom is 0.416 e. The third-order valence-corrected chi connectivity index (χ3v) is 28.1. The van der Waals surface area contributed by atoms with Gasteiger partial charge in [0.2, 0.25) is 0 Å². The summed E-state index contributed by atoms with van der Waals surface area (Å²) in [6, 6.07) is 11.5. The summed E-state index contributed by atoms with van der Waals surface area (Å²) in [4.78, 5) is 0. The third-order valence-electron chi connectivity index (χ3n) is 14.3. The minimum absolute atomic E-state index is 0.00910. The Morgan fingerprint density at radius 2 is 1.39 bits per heavy atom. The molecule has 7 nitrogen and oxygen atoms in total. The van der Waals surface area contributed by atoms with E-state index in [-0.39, 0.29) is 46.9 Å². The van der Waals surface area contributed by atoms with Crippen molar-refractivity contribution in [1.82, 2.24) is 0 Å². The molecule has 1 aliphatic carbocycles. The first-order chi connectivity index (χ1) is 27.7. The second-order valence-electron chi connectivity index (χ2n) is 19.4. The van der Waals surface area contributed by atoms with E-state index in [4.69, 9.17) is 32.2 Å². The van der Waals surface area contributed by atoms with Gasteiger partial charge in [-0.2, -0.15) is 13.2 Å². The number of allylic oxidation sites excluding steroid dienone is 2. The number of alkyl halides is 3. The van der Waals surface area contributed by atoms with Gasteiger partial charge >= 0.3 is 6.18 Å². The largest absolute Gasteiger partial charge is 0.491 e. The lowest BCUT2D eigenvalue weighted by molar-refractivity contribution is -0.467. The zero-order valence-electron chi connectivity index (χ0n) is 38.6. The van der Waals surface area contributed by atoms with E-state index in [1.165, 1.54) is 6.07 Å². The van der Waals surface area contributed by atoms with E-state index in [0.717, 1.165) is 74.1 Å². The first-order valence-electron chi connectivity index (χ1n) is 22.7. The van der Waals surface area contributed by atoms with Crippen molar-refractivity contribution < 1.29 is 45.4 Å². The maximum atomic E-state index is 13.6. The highest BCUT2D eigenvalue weighted by Crippen LogP contribution is 2.46. The lowest BCUT2D eigenvalue weighted by Gasteiger charge is -2.50. The van der Waals surface area contributed by atoms with Crippen LogP contribution in [-0.2, 0) is 33.7 Å². The zero-order valence-corrected chi connectivity index (χ0v) is 41.6. The van der Waals surface area contributed by atoms with Crippen LogP contribution in [0.5, 0.6) is 5.75 Å². The Labute approximate surface area is 358 Å². The molecule has 59 heavy (non-hydrogen) atoms. The molecule has 0 unspecified atom stereocenters. The lowest BCUT2D eigenvalue weighted by Crippen LogP contribution is -2.58. The number of halogens is 3. The Kier molecular flexibility index (Phi) is 17.9. The normalized spacial score (nSPS) is 27.6. The van der Waals surface area contributed by atoms with Crippen molar-refractivity contribution in [3.63, 3.8) is 0 Å². The molecule has 0 N–H and O–H groups in total. The van der Waals surface area contributed by atoms with Crippen molar-refractivity contribution in [2.24, 2.45) is 17.3 Å². The summed E-state index contributed by atoms with van der Waals surface area (Å²) in [6.45, 7) is 28.9. The summed E-state index contributed by atoms with van der Waals surface area (Å²) in [5.74, 6) is -0.491. The summed E-state index contributed by atoms with van der Waals surface area (Å²) >= 11 is 0. The monoisotopic (exact) mass is 885 g/mol. The van der Waals surface area contributed by atoms with Crippen LogP contribution in [0.25, 0.3) is 0 Å². The van der Waals surface area contributed by atoms with E-state index in [2.05, 4.69) is 107 Å². The van der Waals surface area contributed by atoms with Crippen LogP contribution in [0.2, 0.25) is 54.4 Å². The molecule has 0 spiro atoms. The van der Waals surface area contributed by atoms with Crippen LogP contribution in [0.1, 0.15) is 107 Å². The molecule has 3 aliphatic heterocycles. The van der Waals surface area contributed by atoms with Crippen molar-refractivity contribution in [2.75, 3.05) is 26.4 Å². The van der Waals surface area contributed by atoms with Crippen molar-refractivity contribution in [3.8, 4) is 5.75 Å². The quantitative estimate of drug-likeness (QED) is 0.0616. The summed E-state index contributed by atoms with van der Waals surface area (Å²) in [5, 5.41) is -0.0812. The van der Waals surface area contributed by atoms with Crippen LogP contribution >= 0.6 is 0 Å². The van der Waals surface area contributed by atoms with E-state index in [1.807, 2.05) is 0 Å². The Morgan fingerprint density at radius 1 is 0.831 bits per heavy atom. The van der Waals surface area contributed by atoms with Crippen LogP contribution < -0.4 is 4.74 Å². The molecule has 4 fully saturated rings. The molecule has 0 radical (unpaired) electrons. The molecule has 1 saturated carbocycles. The fraction of sp³-hybridized carbons (Fsp3) is 0.783. The third kappa shape index (κ3) is 13.1. The second kappa shape index (κ2) is 20.9. The van der Waals surface area contributed by atoms with Gasteiger partial charge in [-0.3, -0.25) is 0 Å². The Balaban J connectivity index is 1.66. The van der Waals surface area contributed by atoms with E-state index >= 15 is 0 Å². The molecular formula is C46H79F3O7Si3. The molecule has 2 bridgehead atoms. The van der Waals surface area contributed by atoms with Gasteiger partial charge in [0.15, 0.2) is 25.0 Å². The number of rotatable bonds is 23. The Morgan fingerprint density at radius 3 is 1.92 bits per heavy atom. The van der Waals surface area contributed by atoms with Crippen molar-refractivity contribution in [1.29, 1.82) is 0 Å². The fourth-order valence-electron chi connectivity index (χ4n) is 8.57. The number of ether oxygens (including phenoxy) is 4. The van der Waals surface area contributed by atoms with Gasteiger partial charge in [0.05, 0.1) is 43.7 Å². The molecule has 338 valence electrons. The average Bonchev–Trinajstić information content (AvgIpc) is 3.52. The highest BCUT2D eigenvalue weighted by molar-refractivity contribution is 6.74. The summed E-state index contributed by atoms with van der Waals surface area (Å²) in [5.41, 5.74) is -0.784. The van der Waals surface area contributed by atoms with Gasteiger partial charge in [0, 0.05) is 17.8 Å². The number of fused-ring (bicyclic) bond motifs is 3. The molecule has 5 atom stereocenters. The van der Waals surface area contributed by atoms with Gasteiger partial charge in [-0.05, 0) is 104 Å². The zero-order chi connectivity index (χ0) is 43.8. The molecular weight excluding hydrogens is 806 g/mol. The van der Waals surface area contributed by atoms with Crippen LogP contribution in [0, 0.1) is 17.3 Å². The van der Waals surface area contributed by atoms with Gasteiger partial charge in [-0.15, -0.1) is 0 Å². The molecule has 0 amide bonds. The molecule has 3 heterocycles. The summed E-state index contributed by atoms with van der Waals surface area (Å²) in [6.07, 6.45) is 8.34. The minimum Gasteiger partial charge on any atom is -0.491 e. The number of unbranched alkanes of at least 4 members (excludes halogenated alkanes) is 1. The van der Waals surface area contributed by atoms with E-state index < -0.39 is 48.8 Å². The SMILES string of the molecule is CC[Si](CC)(CC)O[C@H]1C[C@@H](O[Si](CC)(CC)CC)[C@H](C=C[C@H](COc2cccc(C(F)(F)F)c2)O[Si](C)(C)C(C)(C)C)[C@H]1CC=CCCCC12OCC(C)(CO1)CO2. The Hall–Kier alpha value is -1.30. The standard InChI is InChI=1S/C46H79F3O7Si3/c1-13-58(14-2,15-3)55-41-31-42(56-59(16-4,17-5)18-6)40(39(41)26-21-19-20-22-29-45-51-33-44(10,34-52-45)35-53-45)28-27-38(54-57(11,12)43(7,8)9)32-50-37-25-23-24-36(30-37)46(47,48)49/h19,21,23-25,27-28,30,38-42H,13-18,20,22,26,29,31-35H2,1-12H3/t38-,39-,40-,41+,42-,44?,45?/m1/s1. The van der Waals surface area contributed by atoms with E-state index in [9.17, 15) is 13.2 Å².